The van der Waals surface area contributed by atoms with Crippen molar-refractivity contribution in [2.24, 2.45) is 0 Å². The zero-order valence-corrected chi connectivity index (χ0v) is 17.0. The predicted molar refractivity (Wildman–Crippen MR) is 116 cm³/mol. The van der Waals surface area contributed by atoms with E-state index >= 15 is 0 Å². The van der Waals surface area contributed by atoms with Gasteiger partial charge in [0.15, 0.2) is 5.82 Å². The molecule has 0 unspecified atom stereocenters. The molecule has 2 aromatic heterocycles. The Morgan fingerprint density at radius 3 is 2.33 bits per heavy atom. The van der Waals surface area contributed by atoms with Gasteiger partial charge in [-0.2, -0.15) is 0 Å². The van der Waals surface area contributed by atoms with Crippen molar-refractivity contribution in [3.63, 3.8) is 0 Å². The van der Waals surface area contributed by atoms with Crippen LogP contribution < -0.4 is 4.74 Å². The van der Waals surface area contributed by atoms with E-state index < -0.39 is 0 Å². The molecular weight excluding hydrogens is 372 g/mol. The van der Waals surface area contributed by atoms with Gasteiger partial charge in [-0.05, 0) is 49.1 Å². The molecule has 0 radical (unpaired) electrons. The Morgan fingerprint density at radius 2 is 1.70 bits per heavy atom. The molecule has 1 aliphatic rings. The van der Waals surface area contributed by atoms with Gasteiger partial charge < -0.3 is 9.72 Å². The number of aromatic amines is 1. The minimum atomic E-state index is 0.151. The molecule has 0 spiro atoms. The van der Waals surface area contributed by atoms with Crippen LogP contribution in [0, 0.1) is 6.92 Å². The smallest absolute Gasteiger partial charge is 0.177 e. The standard InChI is InChI=1S/C25H24N4O/c1-18-3-5-19(6-4-18)25(12-2-13-25)20-7-9-22(10-8-20)30-16-21-11-14-27-24(29-21)23-15-26-17-28-23/h3-11,14-15,17H,2,12-13,16H2,1H3,(H,26,28). The van der Waals surface area contributed by atoms with Crippen LogP contribution in [-0.4, -0.2) is 19.9 Å². The van der Waals surface area contributed by atoms with Crippen LogP contribution in [0.15, 0.2) is 73.3 Å². The molecule has 5 nitrogen and oxygen atoms in total. The van der Waals surface area contributed by atoms with Gasteiger partial charge in [0.1, 0.15) is 18.1 Å². The van der Waals surface area contributed by atoms with Gasteiger partial charge in [0, 0.05) is 11.6 Å². The van der Waals surface area contributed by atoms with Crippen molar-refractivity contribution in [3.05, 3.63) is 95.7 Å². The maximum Gasteiger partial charge on any atom is 0.177 e. The summed E-state index contributed by atoms with van der Waals surface area (Å²) in [6, 6.07) is 19.4. The summed E-state index contributed by atoms with van der Waals surface area (Å²) in [5, 5.41) is 0. The number of nitrogens with one attached hydrogen (secondary N) is 1. The van der Waals surface area contributed by atoms with Gasteiger partial charge >= 0.3 is 0 Å². The van der Waals surface area contributed by atoms with Crippen LogP contribution in [0.2, 0.25) is 0 Å². The fourth-order valence-electron chi connectivity index (χ4n) is 4.16. The molecule has 1 N–H and O–H groups in total. The lowest BCUT2D eigenvalue weighted by atomic mass is 9.60. The second kappa shape index (κ2) is 7.75. The third-order valence-corrected chi connectivity index (χ3v) is 6.06. The maximum atomic E-state index is 5.99. The predicted octanol–water partition coefficient (Wildman–Crippen LogP) is 5.22. The Morgan fingerprint density at radius 1 is 0.967 bits per heavy atom. The Bertz CT molecular complexity index is 1110. The number of aryl methyl sites for hydroxylation is 1. The molecule has 30 heavy (non-hydrogen) atoms. The first-order valence-corrected chi connectivity index (χ1v) is 10.3. The average Bonchev–Trinajstić information content (AvgIpc) is 3.29. The molecule has 0 atom stereocenters. The van der Waals surface area contributed by atoms with Gasteiger partial charge in [0.05, 0.1) is 18.2 Å². The summed E-state index contributed by atoms with van der Waals surface area (Å²) in [5.41, 5.74) is 5.86. The van der Waals surface area contributed by atoms with Gasteiger partial charge in [0.2, 0.25) is 0 Å². The van der Waals surface area contributed by atoms with E-state index in [1.807, 2.05) is 6.07 Å². The Kier molecular flexibility index (Phi) is 4.79. The molecule has 0 amide bonds. The minimum absolute atomic E-state index is 0.151. The maximum absolute atomic E-state index is 5.99. The number of aromatic nitrogens is 4. The topological polar surface area (TPSA) is 63.7 Å². The molecule has 150 valence electrons. The Hall–Kier alpha value is -3.47. The lowest BCUT2D eigenvalue weighted by Gasteiger charge is -2.43. The molecule has 4 aromatic rings. The van der Waals surface area contributed by atoms with E-state index in [1.165, 1.54) is 36.0 Å². The van der Waals surface area contributed by atoms with Gasteiger partial charge in [-0.3, -0.25) is 0 Å². The first-order valence-electron chi connectivity index (χ1n) is 10.3. The SMILES string of the molecule is Cc1ccc(C2(c3ccc(OCc4ccnc(-c5cnc[nH]5)n4)cc3)CCC2)cc1. The number of nitrogens with zero attached hydrogens (tertiary/aromatic N) is 3. The summed E-state index contributed by atoms with van der Waals surface area (Å²) in [5.74, 6) is 1.47. The van der Waals surface area contributed by atoms with E-state index in [0.29, 0.717) is 12.4 Å². The average molecular weight is 396 g/mol. The first-order chi connectivity index (χ1) is 14.7. The van der Waals surface area contributed by atoms with Crippen molar-refractivity contribution >= 4 is 0 Å². The molecule has 5 rings (SSSR count). The summed E-state index contributed by atoms with van der Waals surface area (Å²) in [4.78, 5) is 15.9. The van der Waals surface area contributed by atoms with Crippen molar-refractivity contribution in [1.82, 2.24) is 19.9 Å². The Balaban J connectivity index is 1.30. The molecule has 1 fully saturated rings. The number of ether oxygens (including phenoxy) is 1. The van der Waals surface area contributed by atoms with E-state index in [4.69, 9.17) is 4.74 Å². The number of benzene rings is 2. The molecule has 1 saturated carbocycles. The number of hydrogen-bond acceptors (Lipinski definition) is 4. The van der Waals surface area contributed by atoms with Crippen molar-refractivity contribution < 1.29 is 4.74 Å². The summed E-state index contributed by atoms with van der Waals surface area (Å²) in [7, 11) is 0. The van der Waals surface area contributed by atoms with Gasteiger partial charge in [0.25, 0.3) is 0 Å². The van der Waals surface area contributed by atoms with Gasteiger partial charge in [-0.1, -0.05) is 48.4 Å². The van der Waals surface area contributed by atoms with Crippen LogP contribution in [0.4, 0.5) is 0 Å². The third kappa shape index (κ3) is 3.47. The fourth-order valence-corrected chi connectivity index (χ4v) is 4.16. The Labute approximate surface area is 176 Å². The zero-order chi connectivity index (χ0) is 20.4. The van der Waals surface area contributed by atoms with Crippen LogP contribution in [-0.2, 0) is 12.0 Å². The number of imidazole rings is 1. The number of H-pyrrole nitrogens is 1. The van der Waals surface area contributed by atoms with Crippen LogP contribution in [0.3, 0.4) is 0 Å². The highest BCUT2D eigenvalue weighted by Gasteiger charge is 2.40. The van der Waals surface area contributed by atoms with E-state index in [9.17, 15) is 0 Å². The van der Waals surface area contributed by atoms with Crippen molar-refractivity contribution in [2.45, 2.75) is 38.2 Å². The molecule has 0 saturated heterocycles. The highest BCUT2D eigenvalue weighted by molar-refractivity contribution is 5.47. The molecule has 1 aliphatic carbocycles. The summed E-state index contributed by atoms with van der Waals surface area (Å²) in [6.07, 6.45) is 8.75. The first kappa shape index (κ1) is 18.6. The lowest BCUT2D eigenvalue weighted by Crippen LogP contribution is -2.35. The normalized spacial score (nSPS) is 14.8. The van der Waals surface area contributed by atoms with Crippen molar-refractivity contribution in [1.29, 1.82) is 0 Å². The highest BCUT2D eigenvalue weighted by Crippen LogP contribution is 2.49. The second-order valence-corrected chi connectivity index (χ2v) is 7.95. The molecule has 0 aliphatic heterocycles. The van der Waals surface area contributed by atoms with Crippen LogP contribution >= 0.6 is 0 Å². The van der Waals surface area contributed by atoms with Crippen LogP contribution in [0.5, 0.6) is 5.75 Å². The molecule has 2 heterocycles. The summed E-state index contributed by atoms with van der Waals surface area (Å²) < 4.78 is 5.99. The van der Waals surface area contributed by atoms with Gasteiger partial charge in [-0.15, -0.1) is 0 Å². The third-order valence-electron chi connectivity index (χ3n) is 6.06. The van der Waals surface area contributed by atoms with E-state index in [-0.39, 0.29) is 5.41 Å². The summed E-state index contributed by atoms with van der Waals surface area (Å²) >= 11 is 0. The molecule has 5 heteroatoms. The van der Waals surface area contributed by atoms with Crippen molar-refractivity contribution in [3.8, 4) is 17.3 Å². The molecule has 0 bridgehead atoms. The highest BCUT2D eigenvalue weighted by atomic mass is 16.5. The largest absolute Gasteiger partial charge is 0.487 e. The van der Waals surface area contributed by atoms with Crippen LogP contribution in [0.1, 0.15) is 41.6 Å². The summed E-state index contributed by atoms with van der Waals surface area (Å²) in [6.45, 7) is 2.53. The van der Waals surface area contributed by atoms with E-state index in [1.54, 1.807) is 18.7 Å². The van der Waals surface area contributed by atoms with E-state index in [0.717, 1.165) is 17.1 Å². The van der Waals surface area contributed by atoms with E-state index in [2.05, 4.69) is 75.4 Å². The minimum Gasteiger partial charge on any atom is -0.487 e. The second-order valence-electron chi connectivity index (χ2n) is 7.95. The van der Waals surface area contributed by atoms with Crippen molar-refractivity contribution in [2.75, 3.05) is 0 Å². The lowest BCUT2D eigenvalue weighted by molar-refractivity contribution is 0.294. The van der Waals surface area contributed by atoms with Crippen LogP contribution in [0.25, 0.3) is 11.5 Å². The zero-order valence-electron chi connectivity index (χ0n) is 17.0. The molecule has 2 aromatic carbocycles. The fraction of sp³-hybridized carbons (Fsp3) is 0.240. The quantitative estimate of drug-likeness (QED) is 0.485. The molecular formula is C25H24N4O. The monoisotopic (exact) mass is 396 g/mol. The number of rotatable bonds is 6. The van der Waals surface area contributed by atoms with Gasteiger partial charge in [-0.25, -0.2) is 15.0 Å². The number of hydrogen-bond donors (Lipinski definition) is 1.